The van der Waals surface area contributed by atoms with E-state index in [1.54, 1.807) is 0 Å². The lowest BCUT2D eigenvalue weighted by molar-refractivity contribution is 1.23. The molecule has 0 fully saturated rings. The van der Waals surface area contributed by atoms with E-state index in [0.717, 1.165) is 17.1 Å². The van der Waals surface area contributed by atoms with Gasteiger partial charge in [0.25, 0.3) is 0 Å². The summed E-state index contributed by atoms with van der Waals surface area (Å²) in [6, 6.07) is 27.9. The molecule has 0 amide bonds. The first-order valence-corrected chi connectivity index (χ1v) is 9.67. The highest BCUT2D eigenvalue weighted by atomic mass is 15.1. The molecule has 0 aliphatic heterocycles. The molecule has 0 saturated carbocycles. The third-order valence-electron chi connectivity index (χ3n) is 5.61. The van der Waals surface area contributed by atoms with Crippen LogP contribution < -0.4 is 4.90 Å². The quantitative estimate of drug-likeness (QED) is 0.345. The number of pyridine rings is 2. The maximum Gasteiger partial charge on any atom is 0.0540 e. The molecule has 3 nitrogen and oxygen atoms in total. The van der Waals surface area contributed by atoms with E-state index in [4.69, 9.17) is 0 Å². The molecule has 0 saturated heterocycles. The third-order valence-corrected chi connectivity index (χ3v) is 5.61. The van der Waals surface area contributed by atoms with Crippen molar-refractivity contribution in [2.24, 2.45) is 0 Å². The summed E-state index contributed by atoms with van der Waals surface area (Å²) >= 11 is 0. The van der Waals surface area contributed by atoms with Crippen LogP contribution in [0.3, 0.4) is 0 Å². The molecule has 0 bridgehead atoms. The Bertz CT molecular complexity index is 1280. The average Bonchev–Trinajstić information content (AvgIpc) is 3.13. The molecule has 0 N–H and O–H groups in total. The van der Waals surface area contributed by atoms with Gasteiger partial charge in [-0.15, -0.1) is 0 Å². The summed E-state index contributed by atoms with van der Waals surface area (Å²) in [5, 5.41) is 2.56. The topological polar surface area (TPSA) is 29.0 Å². The predicted octanol–water partition coefficient (Wildman–Crippen LogP) is 6.75. The number of benzene rings is 3. The van der Waals surface area contributed by atoms with Gasteiger partial charge in [-0.3, -0.25) is 9.97 Å². The molecule has 6 rings (SSSR count). The van der Waals surface area contributed by atoms with Crippen molar-refractivity contribution in [2.75, 3.05) is 4.90 Å². The minimum atomic E-state index is 1.07. The predicted molar refractivity (Wildman–Crippen MR) is 119 cm³/mol. The third kappa shape index (κ3) is 2.38. The Balaban J connectivity index is 1.67. The minimum absolute atomic E-state index is 1.07. The molecule has 0 spiro atoms. The summed E-state index contributed by atoms with van der Waals surface area (Å²) in [6.07, 6.45) is 7.33. The second-order valence-electron chi connectivity index (χ2n) is 7.15. The summed E-state index contributed by atoms with van der Waals surface area (Å²) < 4.78 is 0. The van der Waals surface area contributed by atoms with Crippen molar-refractivity contribution in [3.05, 3.63) is 104 Å². The highest BCUT2D eigenvalue weighted by Gasteiger charge is 2.24. The molecule has 3 heteroatoms. The second kappa shape index (κ2) is 6.28. The lowest BCUT2D eigenvalue weighted by Gasteiger charge is -2.26. The zero-order valence-corrected chi connectivity index (χ0v) is 15.7. The number of nitrogens with zero attached hydrogens (tertiary/aromatic N) is 3. The van der Waals surface area contributed by atoms with Gasteiger partial charge < -0.3 is 4.90 Å². The maximum absolute atomic E-state index is 4.20. The van der Waals surface area contributed by atoms with Crippen molar-refractivity contribution in [1.29, 1.82) is 0 Å². The molecule has 0 atom stereocenters. The Kier molecular flexibility index (Phi) is 3.47. The first-order chi connectivity index (χ1) is 14.4. The lowest BCUT2D eigenvalue weighted by atomic mass is 10.0. The molecule has 5 aromatic rings. The zero-order valence-electron chi connectivity index (χ0n) is 15.7. The van der Waals surface area contributed by atoms with Crippen LogP contribution in [-0.2, 0) is 0 Å². The Hall–Kier alpha value is -3.98. The van der Waals surface area contributed by atoms with Gasteiger partial charge >= 0.3 is 0 Å². The van der Waals surface area contributed by atoms with Crippen LogP contribution in [0.2, 0.25) is 0 Å². The lowest BCUT2D eigenvalue weighted by Crippen LogP contribution is -2.10. The summed E-state index contributed by atoms with van der Waals surface area (Å²) in [7, 11) is 0. The van der Waals surface area contributed by atoms with Crippen LogP contribution in [0.1, 0.15) is 0 Å². The van der Waals surface area contributed by atoms with Gasteiger partial charge in [-0.2, -0.15) is 0 Å². The number of hydrogen-bond acceptors (Lipinski definition) is 3. The van der Waals surface area contributed by atoms with Crippen LogP contribution in [0.15, 0.2) is 104 Å². The van der Waals surface area contributed by atoms with Gasteiger partial charge in [0.05, 0.1) is 5.69 Å². The molecular formula is C26H17N3. The highest BCUT2D eigenvalue weighted by molar-refractivity contribution is 6.19. The number of fused-ring (bicyclic) bond motifs is 3. The van der Waals surface area contributed by atoms with Crippen LogP contribution in [0, 0.1) is 0 Å². The van der Waals surface area contributed by atoms with E-state index in [1.807, 2.05) is 49.1 Å². The normalized spacial score (nSPS) is 11.4. The molecule has 2 aromatic heterocycles. The average molecular weight is 371 g/mol. The Morgan fingerprint density at radius 3 is 1.66 bits per heavy atom. The van der Waals surface area contributed by atoms with E-state index >= 15 is 0 Å². The summed E-state index contributed by atoms with van der Waals surface area (Å²) in [4.78, 5) is 10.7. The minimum Gasteiger partial charge on any atom is -0.310 e. The van der Waals surface area contributed by atoms with Crippen molar-refractivity contribution in [3.8, 4) is 22.3 Å². The number of rotatable bonds is 3. The Morgan fingerprint density at radius 2 is 1.03 bits per heavy atom. The van der Waals surface area contributed by atoms with Crippen molar-refractivity contribution < 1.29 is 0 Å². The SMILES string of the molecule is c1ccc2c(c1)-c1cccc3c(N(c4ccncc4)c4ccncc4)ccc-2c13. The summed E-state index contributed by atoms with van der Waals surface area (Å²) in [6.45, 7) is 0. The highest BCUT2D eigenvalue weighted by Crippen LogP contribution is 2.50. The van der Waals surface area contributed by atoms with Crippen LogP contribution in [0.5, 0.6) is 0 Å². The fourth-order valence-corrected chi connectivity index (χ4v) is 4.40. The van der Waals surface area contributed by atoms with E-state index < -0.39 is 0 Å². The van der Waals surface area contributed by atoms with E-state index in [1.165, 1.54) is 33.0 Å². The van der Waals surface area contributed by atoms with E-state index in [0.29, 0.717) is 0 Å². The molecular weight excluding hydrogens is 354 g/mol. The van der Waals surface area contributed by atoms with Gasteiger partial charge in [0.1, 0.15) is 0 Å². The first-order valence-electron chi connectivity index (χ1n) is 9.67. The Morgan fingerprint density at radius 1 is 0.483 bits per heavy atom. The standard InChI is InChI=1S/C26H17N3/c1-2-5-21-20(4-1)22-6-3-7-24-25(9-8-23(21)26(22)24)29(18-10-14-27-15-11-18)19-12-16-28-17-13-19/h1-17H. The number of aromatic nitrogens is 2. The molecule has 2 heterocycles. The van der Waals surface area contributed by atoms with Crippen molar-refractivity contribution in [1.82, 2.24) is 9.97 Å². The second-order valence-corrected chi connectivity index (χ2v) is 7.15. The fourth-order valence-electron chi connectivity index (χ4n) is 4.40. The van der Waals surface area contributed by atoms with Crippen LogP contribution in [0.4, 0.5) is 17.1 Å². The number of anilines is 3. The van der Waals surface area contributed by atoms with Gasteiger partial charge in [0, 0.05) is 41.5 Å². The monoisotopic (exact) mass is 371 g/mol. The van der Waals surface area contributed by atoms with E-state index in [-0.39, 0.29) is 0 Å². The largest absolute Gasteiger partial charge is 0.310 e. The van der Waals surface area contributed by atoms with Gasteiger partial charge in [-0.1, -0.05) is 48.5 Å². The van der Waals surface area contributed by atoms with Crippen molar-refractivity contribution >= 4 is 27.8 Å². The Labute approximate surface area is 168 Å². The van der Waals surface area contributed by atoms with Crippen LogP contribution >= 0.6 is 0 Å². The summed E-state index contributed by atoms with van der Waals surface area (Å²) in [5.74, 6) is 0. The van der Waals surface area contributed by atoms with Crippen molar-refractivity contribution in [3.63, 3.8) is 0 Å². The molecule has 0 radical (unpaired) electrons. The van der Waals surface area contributed by atoms with Crippen molar-refractivity contribution in [2.45, 2.75) is 0 Å². The van der Waals surface area contributed by atoms with Crippen LogP contribution in [0.25, 0.3) is 33.0 Å². The maximum atomic E-state index is 4.20. The molecule has 3 aromatic carbocycles. The fraction of sp³-hybridized carbons (Fsp3) is 0. The number of hydrogen-bond donors (Lipinski definition) is 0. The van der Waals surface area contributed by atoms with Gasteiger partial charge in [0.15, 0.2) is 0 Å². The summed E-state index contributed by atoms with van der Waals surface area (Å²) in [5.41, 5.74) is 8.52. The smallest absolute Gasteiger partial charge is 0.0540 e. The van der Waals surface area contributed by atoms with E-state index in [2.05, 4.69) is 69.5 Å². The van der Waals surface area contributed by atoms with Gasteiger partial charge in [-0.05, 0) is 58.0 Å². The molecule has 0 unspecified atom stereocenters. The van der Waals surface area contributed by atoms with Gasteiger partial charge in [0.2, 0.25) is 0 Å². The molecule has 29 heavy (non-hydrogen) atoms. The van der Waals surface area contributed by atoms with Crippen LogP contribution in [-0.4, -0.2) is 9.97 Å². The molecule has 1 aliphatic rings. The first kappa shape index (κ1) is 16.0. The van der Waals surface area contributed by atoms with Gasteiger partial charge in [-0.25, -0.2) is 0 Å². The zero-order chi connectivity index (χ0) is 19.2. The molecule has 136 valence electrons. The van der Waals surface area contributed by atoms with E-state index in [9.17, 15) is 0 Å². The molecule has 1 aliphatic carbocycles.